The number of nitrogens with one attached hydrogen (secondary N) is 1. The van der Waals surface area contributed by atoms with E-state index in [1.165, 1.54) is 0 Å². The maximum absolute atomic E-state index is 5.73. The van der Waals surface area contributed by atoms with Gasteiger partial charge in [0, 0.05) is 5.56 Å². The van der Waals surface area contributed by atoms with Crippen molar-refractivity contribution in [1.29, 1.82) is 0 Å². The number of hydrogen-bond acceptors (Lipinski definition) is 5. The van der Waals surface area contributed by atoms with Crippen LogP contribution >= 0.6 is 0 Å². The third-order valence-corrected chi connectivity index (χ3v) is 2.91. The average molecular weight is 255 g/mol. The Kier molecular flexibility index (Phi) is 2.56. The number of benzene rings is 1. The molecule has 3 rings (SSSR count). The molecule has 0 saturated heterocycles. The van der Waals surface area contributed by atoms with Gasteiger partial charge in [0.2, 0.25) is 5.95 Å². The lowest BCUT2D eigenvalue weighted by atomic mass is 10.1. The lowest BCUT2D eigenvalue weighted by molar-refractivity contribution is 0.416. The monoisotopic (exact) mass is 255 g/mol. The second-order valence-corrected chi connectivity index (χ2v) is 4.24. The van der Waals surface area contributed by atoms with Crippen molar-refractivity contribution in [2.45, 2.75) is 6.92 Å². The maximum Gasteiger partial charge on any atom is 0.222 e. The molecule has 0 amide bonds. The van der Waals surface area contributed by atoms with Crippen LogP contribution in [0.4, 0.5) is 5.95 Å². The number of fused-ring (bicyclic) bond motifs is 1. The maximum atomic E-state index is 5.73. The predicted octanol–water partition coefficient (Wildman–Crippen LogP) is 1.92. The molecule has 3 aromatic rings. The fourth-order valence-corrected chi connectivity index (χ4v) is 2.05. The third-order valence-electron chi connectivity index (χ3n) is 2.91. The number of nitrogens with two attached hydrogens (primary N) is 1. The van der Waals surface area contributed by atoms with E-state index in [0.717, 1.165) is 22.4 Å². The molecule has 6 heteroatoms. The highest BCUT2D eigenvalue weighted by Crippen LogP contribution is 2.33. The van der Waals surface area contributed by atoms with E-state index in [9.17, 15) is 0 Å². The Hall–Kier alpha value is -2.63. The number of methoxy groups -OCH3 is 1. The molecule has 19 heavy (non-hydrogen) atoms. The smallest absolute Gasteiger partial charge is 0.222 e. The molecule has 0 spiro atoms. The topological polar surface area (TPSA) is 89.7 Å². The summed E-state index contributed by atoms with van der Waals surface area (Å²) in [6.07, 6.45) is 1.57. The van der Waals surface area contributed by atoms with E-state index < -0.39 is 0 Å². The number of ether oxygens (including phenoxy) is 1. The van der Waals surface area contributed by atoms with Crippen molar-refractivity contribution in [2.24, 2.45) is 0 Å². The summed E-state index contributed by atoms with van der Waals surface area (Å²) in [6.45, 7) is 2.01. The van der Waals surface area contributed by atoms with Crippen molar-refractivity contribution in [3.8, 4) is 17.0 Å². The first-order chi connectivity index (χ1) is 9.19. The quantitative estimate of drug-likeness (QED) is 0.730. The molecule has 0 saturated carbocycles. The Labute approximate surface area is 109 Å². The summed E-state index contributed by atoms with van der Waals surface area (Å²) in [5.74, 6) is 0.928. The molecular weight excluding hydrogens is 242 g/mol. The van der Waals surface area contributed by atoms with Gasteiger partial charge in [0.15, 0.2) is 5.65 Å². The van der Waals surface area contributed by atoms with E-state index in [1.54, 1.807) is 13.4 Å². The van der Waals surface area contributed by atoms with Gasteiger partial charge in [-0.05, 0) is 19.1 Å². The number of rotatable bonds is 2. The standard InChI is InChI=1S/C13H13N5O/c1-7-3-4-9(19-2)8(5-7)10-11-12(16-6-15-11)18-13(14)17-10/h3-6H,1-2H3,(H3,14,15,16,17,18). The van der Waals surface area contributed by atoms with Crippen molar-refractivity contribution < 1.29 is 4.74 Å². The van der Waals surface area contributed by atoms with Gasteiger partial charge < -0.3 is 15.5 Å². The van der Waals surface area contributed by atoms with Crippen molar-refractivity contribution in [1.82, 2.24) is 19.9 Å². The lowest BCUT2D eigenvalue weighted by Crippen LogP contribution is -1.99. The number of H-pyrrole nitrogens is 1. The van der Waals surface area contributed by atoms with Gasteiger partial charge in [0.05, 0.1) is 13.4 Å². The van der Waals surface area contributed by atoms with E-state index in [2.05, 4.69) is 19.9 Å². The number of nitrogens with zero attached hydrogens (tertiary/aromatic N) is 3. The van der Waals surface area contributed by atoms with Gasteiger partial charge in [0.25, 0.3) is 0 Å². The number of aromatic amines is 1. The molecule has 0 bridgehead atoms. The van der Waals surface area contributed by atoms with Crippen LogP contribution in [0.5, 0.6) is 5.75 Å². The second kappa shape index (κ2) is 4.24. The minimum Gasteiger partial charge on any atom is -0.496 e. The van der Waals surface area contributed by atoms with Gasteiger partial charge in [-0.1, -0.05) is 11.6 Å². The van der Waals surface area contributed by atoms with E-state index in [-0.39, 0.29) is 5.95 Å². The van der Waals surface area contributed by atoms with Crippen molar-refractivity contribution in [3.05, 3.63) is 30.1 Å². The number of anilines is 1. The predicted molar refractivity (Wildman–Crippen MR) is 72.8 cm³/mol. The Bertz CT molecular complexity index is 750. The van der Waals surface area contributed by atoms with E-state index >= 15 is 0 Å². The van der Waals surface area contributed by atoms with Gasteiger partial charge >= 0.3 is 0 Å². The zero-order valence-corrected chi connectivity index (χ0v) is 10.6. The molecule has 1 aromatic carbocycles. The zero-order valence-electron chi connectivity index (χ0n) is 10.6. The number of aryl methyl sites for hydroxylation is 1. The highest BCUT2D eigenvalue weighted by molar-refractivity contribution is 5.90. The van der Waals surface area contributed by atoms with Crippen LogP contribution in [-0.4, -0.2) is 27.0 Å². The Balaban J connectivity index is 2.35. The second-order valence-electron chi connectivity index (χ2n) is 4.24. The Morgan fingerprint density at radius 3 is 2.89 bits per heavy atom. The molecule has 0 atom stereocenters. The minimum atomic E-state index is 0.193. The highest BCUT2D eigenvalue weighted by Gasteiger charge is 2.14. The molecule has 0 unspecified atom stereocenters. The molecule has 2 aromatic heterocycles. The molecule has 2 heterocycles. The Morgan fingerprint density at radius 1 is 1.26 bits per heavy atom. The van der Waals surface area contributed by atoms with Crippen LogP contribution in [-0.2, 0) is 0 Å². The molecule has 0 aliphatic carbocycles. The number of aromatic nitrogens is 4. The van der Waals surface area contributed by atoms with Crippen molar-refractivity contribution in [2.75, 3.05) is 12.8 Å². The van der Waals surface area contributed by atoms with E-state index in [0.29, 0.717) is 11.3 Å². The summed E-state index contributed by atoms with van der Waals surface area (Å²) in [5.41, 5.74) is 9.70. The van der Waals surface area contributed by atoms with Crippen LogP contribution in [0.2, 0.25) is 0 Å². The number of nitrogen functional groups attached to an aromatic ring is 1. The van der Waals surface area contributed by atoms with Crippen LogP contribution in [0.1, 0.15) is 5.56 Å². The molecule has 96 valence electrons. The molecule has 0 aliphatic rings. The average Bonchev–Trinajstić information content (AvgIpc) is 2.85. The summed E-state index contributed by atoms with van der Waals surface area (Å²) in [6, 6.07) is 5.89. The van der Waals surface area contributed by atoms with Gasteiger partial charge in [-0.25, -0.2) is 9.97 Å². The van der Waals surface area contributed by atoms with Crippen LogP contribution in [0.15, 0.2) is 24.5 Å². The zero-order chi connectivity index (χ0) is 13.4. The first kappa shape index (κ1) is 11.5. The third kappa shape index (κ3) is 1.87. The van der Waals surface area contributed by atoms with Crippen LogP contribution in [0.3, 0.4) is 0 Å². The summed E-state index contributed by atoms with van der Waals surface area (Å²) >= 11 is 0. The summed E-state index contributed by atoms with van der Waals surface area (Å²) < 4.78 is 5.38. The first-order valence-corrected chi connectivity index (χ1v) is 5.80. The Morgan fingerprint density at radius 2 is 2.11 bits per heavy atom. The van der Waals surface area contributed by atoms with Crippen molar-refractivity contribution >= 4 is 17.1 Å². The minimum absolute atomic E-state index is 0.193. The SMILES string of the molecule is COc1ccc(C)cc1-c1nc(N)nc2nc[nH]c12. The number of imidazole rings is 1. The normalized spacial score (nSPS) is 10.8. The van der Waals surface area contributed by atoms with Crippen molar-refractivity contribution in [3.63, 3.8) is 0 Å². The van der Waals surface area contributed by atoms with E-state index in [1.807, 2.05) is 25.1 Å². The van der Waals surface area contributed by atoms with Crippen LogP contribution in [0.25, 0.3) is 22.4 Å². The highest BCUT2D eigenvalue weighted by atomic mass is 16.5. The van der Waals surface area contributed by atoms with Gasteiger partial charge in [-0.2, -0.15) is 4.98 Å². The molecule has 6 nitrogen and oxygen atoms in total. The molecule has 0 radical (unpaired) electrons. The van der Waals surface area contributed by atoms with Crippen LogP contribution < -0.4 is 10.5 Å². The molecule has 0 aliphatic heterocycles. The van der Waals surface area contributed by atoms with Gasteiger partial charge in [0.1, 0.15) is 17.0 Å². The summed E-state index contributed by atoms with van der Waals surface area (Å²) in [4.78, 5) is 15.5. The van der Waals surface area contributed by atoms with Gasteiger partial charge in [-0.3, -0.25) is 0 Å². The first-order valence-electron chi connectivity index (χ1n) is 5.80. The lowest BCUT2D eigenvalue weighted by Gasteiger charge is -2.09. The molecule has 3 N–H and O–H groups in total. The fraction of sp³-hybridized carbons (Fsp3) is 0.154. The fourth-order valence-electron chi connectivity index (χ4n) is 2.05. The molecular formula is C13H13N5O. The number of hydrogen-bond donors (Lipinski definition) is 2. The largest absolute Gasteiger partial charge is 0.496 e. The van der Waals surface area contributed by atoms with Crippen LogP contribution in [0, 0.1) is 6.92 Å². The van der Waals surface area contributed by atoms with Gasteiger partial charge in [-0.15, -0.1) is 0 Å². The van der Waals surface area contributed by atoms with E-state index in [4.69, 9.17) is 10.5 Å². The summed E-state index contributed by atoms with van der Waals surface area (Å²) in [5, 5.41) is 0. The summed E-state index contributed by atoms with van der Waals surface area (Å²) in [7, 11) is 1.63. The molecule has 0 fully saturated rings.